The van der Waals surface area contributed by atoms with Crippen LogP contribution in [0.3, 0.4) is 0 Å². The SMILES string of the molecule is CC1CCC12CO2. The van der Waals surface area contributed by atoms with E-state index in [1.54, 1.807) is 0 Å². The van der Waals surface area contributed by atoms with Crippen LogP contribution in [0.2, 0.25) is 0 Å². The van der Waals surface area contributed by atoms with E-state index in [1.165, 1.54) is 12.8 Å². The minimum Gasteiger partial charge on any atom is -0.369 e. The van der Waals surface area contributed by atoms with Gasteiger partial charge < -0.3 is 4.74 Å². The van der Waals surface area contributed by atoms with Gasteiger partial charge in [0, 0.05) is 0 Å². The Balaban J connectivity index is 2.09. The van der Waals surface area contributed by atoms with Gasteiger partial charge in [-0.2, -0.15) is 0 Å². The van der Waals surface area contributed by atoms with Crippen LogP contribution in [0.15, 0.2) is 0 Å². The first-order chi connectivity index (χ1) is 3.33. The average Bonchev–Trinajstić information content (AvgIpc) is 2.40. The second-order valence-electron chi connectivity index (χ2n) is 2.79. The van der Waals surface area contributed by atoms with E-state index in [9.17, 15) is 0 Å². The molecule has 1 nitrogen and oxygen atoms in total. The van der Waals surface area contributed by atoms with Crippen LogP contribution in [0.5, 0.6) is 0 Å². The van der Waals surface area contributed by atoms with Crippen molar-refractivity contribution in [2.45, 2.75) is 25.4 Å². The summed E-state index contributed by atoms with van der Waals surface area (Å²) in [6.07, 6.45) is 2.72. The molecule has 2 unspecified atom stereocenters. The molecule has 1 spiro atoms. The molecule has 0 N–H and O–H groups in total. The summed E-state index contributed by atoms with van der Waals surface area (Å²) >= 11 is 0. The molecule has 0 aromatic carbocycles. The van der Waals surface area contributed by atoms with E-state index in [0.717, 1.165) is 12.5 Å². The normalized spacial score (nSPS) is 57.0. The zero-order valence-electron chi connectivity index (χ0n) is 4.61. The second kappa shape index (κ2) is 0.873. The molecule has 1 saturated heterocycles. The molecule has 40 valence electrons. The van der Waals surface area contributed by atoms with Crippen molar-refractivity contribution in [1.29, 1.82) is 0 Å². The van der Waals surface area contributed by atoms with Gasteiger partial charge in [-0.1, -0.05) is 6.92 Å². The molecule has 2 rings (SSSR count). The van der Waals surface area contributed by atoms with E-state index in [1.807, 2.05) is 0 Å². The number of hydrogen-bond donors (Lipinski definition) is 0. The Labute approximate surface area is 43.7 Å². The molecule has 7 heavy (non-hydrogen) atoms. The lowest BCUT2D eigenvalue weighted by atomic mass is 9.75. The van der Waals surface area contributed by atoms with Crippen molar-refractivity contribution in [2.24, 2.45) is 5.92 Å². The predicted molar refractivity (Wildman–Crippen MR) is 27.1 cm³/mol. The van der Waals surface area contributed by atoms with Crippen molar-refractivity contribution in [2.75, 3.05) is 6.61 Å². The summed E-state index contributed by atoms with van der Waals surface area (Å²) in [6.45, 7) is 3.32. The lowest BCUT2D eigenvalue weighted by Gasteiger charge is -2.30. The first-order valence-corrected chi connectivity index (χ1v) is 2.97. The molecule has 0 aromatic heterocycles. The van der Waals surface area contributed by atoms with Crippen LogP contribution in [0.25, 0.3) is 0 Å². The van der Waals surface area contributed by atoms with E-state index >= 15 is 0 Å². The molecule has 2 atom stereocenters. The Morgan fingerprint density at radius 3 is 2.43 bits per heavy atom. The second-order valence-corrected chi connectivity index (χ2v) is 2.79. The van der Waals surface area contributed by atoms with Crippen molar-refractivity contribution in [1.82, 2.24) is 0 Å². The highest BCUT2D eigenvalue weighted by molar-refractivity contribution is 5.04. The van der Waals surface area contributed by atoms with E-state index in [4.69, 9.17) is 4.74 Å². The smallest absolute Gasteiger partial charge is 0.0942 e. The molecule has 2 fully saturated rings. The van der Waals surface area contributed by atoms with Crippen molar-refractivity contribution in [3.63, 3.8) is 0 Å². The lowest BCUT2D eigenvalue weighted by molar-refractivity contribution is 0.121. The highest BCUT2D eigenvalue weighted by Crippen LogP contribution is 2.50. The monoisotopic (exact) mass is 98.1 g/mol. The van der Waals surface area contributed by atoms with Crippen LogP contribution >= 0.6 is 0 Å². The van der Waals surface area contributed by atoms with Gasteiger partial charge >= 0.3 is 0 Å². The van der Waals surface area contributed by atoms with Gasteiger partial charge in [-0.25, -0.2) is 0 Å². The molecule has 1 heteroatoms. The summed E-state index contributed by atoms with van der Waals surface area (Å²) in [5.74, 6) is 0.868. The Morgan fingerprint density at radius 1 is 1.71 bits per heavy atom. The summed E-state index contributed by atoms with van der Waals surface area (Å²) in [5, 5.41) is 0. The fourth-order valence-corrected chi connectivity index (χ4v) is 1.28. The first kappa shape index (κ1) is 3.90. The highest BCUT2D eigenvalue weighted by Gasteiger charge is 2.55. The van der Waals surface area contributed by atoms with Gasteiger partial charge in [0.25, 0.3) is 0 Å². The summed E-state index contributed by atoms with van der Waals surface area (Å²) in [6, 6.07) is 0. The largest absolute Gasteiger partial charge is 0.369 e. The van der Waals surface area contributed by atoms with Crippen LogP contribution in [0, 0.1) is 5.92 Å². The standard InChI is InChI=1S/C6H10O/c1-5-2-3-6(5)4-7-6/h5H,2-4H2,1H3. The molecule has 1 aliphatic heterocycles. The van der Waals surface area contributed by atoms with Gasteiger partial charge in [-0.05, 0) is 18.8 Å². The first-order valence-electron chi connectivity index (χ1n) is 2.97. The molecule has 1 aliphatic carbocycles. The molecule has 2 aliphatic rings. The van der Waals surface area contributed by atoms with Crippen LogP contribution in [0.1, 0.15) is 19.8 Å². The van der Waals surface area contributed by atoms with E-state index < -0.39 is 0 Å². The predicted octanol–water partition coefficient (Wildman–Crippen LogP) is 1.19. The Morgan fingerprint density at radius 2 is 2.43 bits per heavy atom. The maximum atomic E-state index is 5.24. The van der Waals surface area contributed by atoms with Crippen LogP contribution in [-0.2, 0) is 4.74 Å². The van der Waals surface area contributed by atoms with Gasteiger partial charge in [0.1, 0.15) is 0 Å². The van der Waals surface area contributed by atoms with E-state index in [0.29, 0.717) is 5.60 Å². The number of rotatable bonds is 0. The van der Waals surface area contributed by atoms with Gasteiger partial charge in [-0.15, -0.1) is 0 Å². The zero-order valence-corrected chi connectivity index (χ0v) is 4.61. The molecule has 1 heterocycles. The average molecular weight is 98.1 g/mol. The molecule has 1 saturated carbocycles. The van der Waals surface area contributed by atoms with Gasteiger partial charge in [0.15, 0.2) is 0 Å². The van der Waals surface area contributed by atoms with Crippen molar-refractivity contribution >= 4 is 0 Å². The molecule has 0 radical (unpaired) electrons. The minimum absolute atomic E-state index is 0.431. The third-order valence-corrected chi connectivity index (χ3v) is 2.41. The quantitative estimate of drug-likeness (QED) is 0.414. The van der Waals surface area contributed by atoms with Gasteiger partial charge in [-0.3, -0.25) is 0 Å². The van der Waals surface area contributed by atoms with Crippen molar-refractivity contribution in [3.8, 4) is 0 Å². The number of hydrogen-bond acceptors (Lipinski definition) is 1. The van der Waals surface area contributed by atoms with E-state index in [-0.39, 0.29) is 0 Å². The summed E-state index contributed by atoms with van der Waals surface area (Å²) in [7, 11) is 0. The fourth-order valence-electron chi connectivity index (χ4n) is 1.28. The van der Waals surface area contributed by atoms with Crippen molar-refractivity contribution in [3.05, 3.63) is 0 Å². The molecule has 0 aromatic rings. The Hall–Kier alpha value is -0.0400. The Bertz CT molecular complexity index is 94.4. The van der Waals surface area contributed by atoms with Crippen LogP contribution in [0.4, 0.5) is 0 Å². The van der Waals surface area contributed by atoms with E-state index in [2.05, 4.69) is 6.92 Å². The molecule has 0 amide bonds. The summed E-state index contributed by atoms with van der Waals surface area (Å²) in [5.41, 5.74) is 0.431. The van der Waals surface area contributed by atoms with Crippen LogP contribution < -0.4 is 0 Å². The summed E-state index contributed by atoms with van der Waals surface area (Å²) < 4.78 is 5.24. The maximum Gasteiger partial charge on any atom is 0.0942 e. The number of epoxide rings is 1. The minimum atomic E-state index is 0.431. The Kier molecular flexibility index (Phi) is 0.487. The third kappa shape index (κ3) is 0.325. The highest BCUT2D eigenvalue weighted by atomic mass is 16.6. The summed E-state index contributed by atoms with van der Waals surface area (Å²) in [4.78, 5) is 0. The molecular formula is C6H10O. The van der Waals surface area contributed by atoms with Gasteiger partial charge in [0.2, 0.25) is 0 Å². The van der Waals surface area contributed by atoms with Crippen molar-refractivity contribution < 1.29 is 4.74 Å². The third-order valence-electron chi connectivity index (χ3n) is 2.41. The topological polar surface area (TPSA) is 12.5 Å². The molecular weight excluding hydrogens is 88.1 g/mol. The zero-order chi connectivity index (χ0) is 4.91. The van der Waals surface area contributed by atoms with Crippen LogP contribution in [-0.4, -0.2) is 12.2 Å². The lowest BCUT2D eigenvalue weighted by Crippen LogP contribution is -2.32. The number of ether oxygens (including phenoxy) is 1. The maximum absolute atomic E-state index is 5.24. The van der Waals surface area contributed by atoms with Gasteiger partial charge in [0.05, 0.1) is 12.2 Å². The molecule has 0 bridgehead atoms. The fraction of sp³-hybridized carbons (Fsp3) is 1.00.